The van der Waals surface area contributed by atoms with Crippen molar-refractivity contribution >= 4 is 6.08 Å². The zero-order valence-corrected chi connectivity index (χ0v) is 28.2. The molecule has 0 aliphatic rings. The van der Waals surface area contributed by atoms with Gasteiger partial charge in [-0.15, -0.1) is 0 Å². The van der Waals surface area contributed by atoms with Gasteiger partial charge in [0.25, 0.3) is 0 Å². The molecule has 1 aromatic rings. The fraction of sp³-hybridized carbons (Fsp3) is 0.800. The van der Waals surface area contributed by atoms with Gasteiger partial charge in [-0.3, -0.25) is 0 Å². The molecule has 1 aromatic carbocycles. The Morgan fingerprint density at radius 2 is 0.683 bits per heavy atom. The lowest BCUT2D eigenvalue weighted by atomic mass is 10.0. The van der Waals surface area contributed by atoms with Crippen molar-refractivity contribution in [2.45, 2.75) is 194 Å². The largest absolute Gasteiger partial charge is 0.377 e. The Kier molecular flexibility index (Phi) is 29.2. The Bertz CT molecular complexity index is 603. The molecule has 238 valence electrons. The van der Waals surface area contributed by atoms with Crippen molar-refractivity contribution in [3.63, 3.8) is 0 Å². The first-order valence-electron chi connectivity index (χ1n) is 18.8. The highest BCUT2D eigenvalue weighted by molar-refractivity contribution is 5.48. The summed E-state index contributed by atoms with van der Waals surface area (Å²) in [6, 6.07) is 10.8. The zero-order chi connectivity index (χ0) is 29.3. The van der Waals surface area contributed by atoms with Crippen LogP contribution in [0.5, 0.6) is 0 Å². The van der Waals surface area contributed by atoms with Crippen LogP contribution in [0.1, 0.15) is 199 Å². The van der Waals surface area contributed by atoms with E-state index in [0.717, 1.165) is 0 Å². The highest BCUT2D eigenvalue weighted by atomic mass is 15.1. The predicted molar refractivity (Wildman–Crippen MR) is 188 cm³/mol. The van der Waals surface area contributed by atoms with Crippen LogP contribution in [0, 0.1) is 0 Å². The van der Waals surface area contributed by atoms with Gasteiger partial charge in [0, 0.05) is 13.1 Å². The lowest BCUT2D eigenvalue weighted by Gasteiger charge is -2.20. The molecule has 41 heavy (non-hydrogen) atoms. The molecule has 1 rings (SSSR count). The van der Waals surface area contributed by atoms with Crippen molar-refractivity contribution in [2.75, 3.05) is 13.1 Å². The maximum atomic E-state index is 2.61. The molecule has 0 aromatic heterocycles. The number of rotatable bonds is 32. The lowest BCUT2D eigenvalue weighted by Crippen LogP contribution is -2.20. The summed E-state index contributed by atoms with van der Waals surface area (Å²) >= 11 is 0. The number of hydrogen-bond acceptors (Lipinski definition) is 1. The van der Waals surface area contributed by atoms with Crippen molar-refractivity contribution in [2.24, 2.45) is 0 Å². The van der Waals surface area contributed by atoms with Crippen LogP contribution in [0.3, 0.4) is 0 Å². The second-order valence-electron chi connectivity index (χ2n) is 13.0. The van der Waals surface area contributed by atoms with Gasteiger partial charge in [-0.25, -0.2) is 0 Å². The summed E-state index contributed by atoms with van der Waals surface area (Å²) in [6.07, 6.45) is 44.9. The van der Waals surface area contributed by atoms with Gasteiger partial charge >= 0.3 is 0 Å². The minimum Gasteiger partial charge on any atom is -0.377 e. The van der Waals surface area contributed by atoms with E-state index < -0.39 is 0 Å². The second-order valence-corrected chi connectivity index (χ2v) is 13.0. The molecular weight excluding hydrogens is 494 g/mol. The van der Waals surface area contributed by atoms with E-state index in [1.54, 1.807) is 0 Å². The molecule has 0 N–H and O–H groups in total. The molecule has 0 aliphatic carbocycles. The first-order valence-corrected chi connectivity index (χ1v) is 18.8. The van der Waals surface area contributed by atoms with Crippen LogP contribution in [-0.2, 0) is 0 Å². The average Bonchev–Trinajstić information content (AvgIpc) is 3.00. The van der Waals surface area contributed by atoms with Crippen molar-refractivity contribution < 1.29 is 0 Å². The van der Waals surface area contributed by atoms with Crippen LogP contribution >= 0.6 is 0 Å². The smallest absolute Gasteiger partial charge is 0.0172 e. The van der Waals surface area contributed by atoms with Gasteiger partial charge in [-0.05, 0) is 30.7 Å². The number of hydrogen-bond donors (Lipinski definition) is 0. The quantitative estimate of drug-likeness (QED) is 0.0782. The Hall–Kier alpha value is -1.24. The SMILES string of the molecule is CCCCCCCCCCCCCCCCN(C=Cc1ccccc1)CCCCCCCCCCCCCCCC. The molecule has 0 saturated carbocycles. The van der Waals surface area contributed by atoms with Gasteiger partial charge in [0.05, 0.1) is 0 Å². The number of nitrogens with zero attached hydrogens (tertiary/aromatic N) is 1. The Morgan fingerprint density at radius 3 is 1.00 bits per heavy atom. The first-order chi connectivity index (χ1) is 20.4. The molecule has 1 heteroatoms. The van der Waals surface area contributed by atoms with E-state index in [2.05, 4.69) is 61.4 Å². The molecule has 0 spiro atoms. The summed E-state index contributed by atoms with van der Waals surface area (Å²) in [6.45, 7) is 7.06. The molecule has 0 saturated heterocycles. The third-order valence-electron chi connectivity index (χ3n) is 8.88. The Morgan fingerprint density at radius 1 is 0.390 bits per heavy atom. The van der Waals surface area contributed by atoms with Gasteiger partial charge in [0.15, 0.2) is 0 Å². The van der Waals surface area contributed by atoms with Crippen LogP contribution in [0.2, 0.25) is 0 Å². The second kappa shape index (κ2) is 31.7. The predicted octanol–water partition coefficient (Wildman–Crippen LogP) is 13.9. The molecule has 1 nitrogen and oxygen atoms in total. The fourth-order valence-corrected chi connectivity index (χ4v) is 6.04. The zero-order valence-electron chi connectivity index (χ0n) is 28.2. The number of benzene rings is 1. The van der Waals surface area contributed by atoms with Crippen molar-refractivity contribution in [1.29, 1.82) is 0 Å². The molecule has 0 heterocycles. The van der Waals surface area contributed by atoms with E-state index in [9.17, 15) is 0 Å². The van der Waals surface area contributed by atoms with Crippen LogP contribution in [0.4, 0.5) is 0 Å². The van der Waals surface area contributed by atoms with Crippen LogP contribution < -0.4 is 0 Å². The van der Waals surface area contributed by atoms with Crippen LogP contribution in [0.25, 0.3) is 6.08 Å². The van der Waals surface area contributed by atoms with E-state index in [4.69, 9.17) is 0 Å². The van der Waals surface area contributed by atoms with E-state index in [0.29, 0.717) is 0 Å². The Labute approximate surface area is 259 Å². The van der Waals surface area contributed by atoms with Crippen molar-refractivity contribution in [3.8, 4) is 0 Å². The van der Waals surface area contributed by atoms with Gasteiger partial charge in [-0.1, -0.05) is 211 Å². The van der Waals surface area contributed by atoms with E-state index >= 15 is 0 Å². The van der Waals surface area contributed by atoms with Gasteiger partial charge in [-0.2, -0.15) is 0 Å². The van der Waals surface area contributed by atoms with Crippen molar-refractivity contribution in [1.82, 2.24) is 4.90 Å². The molecule has 0 bridgehead atoms. The normalized spacial score (nSPS) is 11.6. The minimum atomic E-state index is 1.22. The molecule has 0 fully saturated rings. The van der Waals surface area contributed by atoms with E-state index in [1.165, 1.54) is 198 Å². The fourth-order valence-electron chi connectivity index (χ4n) is 6.04. The first kappa shape index (κ1) is 37.8. The van der Waals surface area contributed by atoms with Crippen LogP contribution in [-0.4, -0.2) is 18.0 Å². The highest BCUT2D eigenvalue weighted by Gasteiger charge is 2.01. The van der Waals surface area contributed by atoms with E-state index in [1.807, 2.05) is 0 Å². The van der Waals surface area contributed by atoms with Gasteiger partial charge in [0.2, 0.25) is 0 Å². The summed E-state index contributed by atoms with van der Waals surface area (Å²) in [5, 5.41) is 0. The summed E-state index contributed by atoms with van der Waals surface area (Å²) in [5.41, 5.74) is 1.32. The van der Waals surface area contributed by atoms with Gasteiger partial charge < -0.3 is 4.90 Å². The molecule has 0 atom stereocenters. The van der Waals surface area contributed by atoms with Gasteiger partial charge in [0.1, 0.15) is 0 Å². The highest BCUT2D eigenvalue weighted by Crippen LogP contribution is 2.15. The maximum Gasteiger partial charge on any atom is 0.0172 e. The summed E-state index contributed by atoms with van der Waals surface area (Å²) < 4.78 is 0. The third-order valence-corrected chi connectivity index (χ3v) is 8.88. The Balaban J connectivity index is 2.07. The molecule has 0 amide bonds. The monoisotopic (exact) mass is 568 g/mol. The summed E-state index contributed by atoms with van der Waals surface area (Å²) in [7, 11) is 0. The number of unbranched alkanes of at least 4 members (excludes halogenated alkanes) is 26. The molecular formula is C40H73N. The minimum absolute atomic E-state index is 1.22. The molecule has 0 unspecified atom stereocenters. The molecule has 0 aliphatic heterocycles. The average molecular weight is 568 g/mol. The van der Waals surface area contributed by atoms with Crippen LogP contribution in [0.15, 0.2) is 36.5 Å². The standard InChI is InChI=1S/C40H73N/c1-3-5-7-9-11-13-15-17-19-21-23-25-27-32-37-41(39-36-40-34-30-29-31-35-40)38-33-28-26-24-22-20-18-16-14-12-10-8-6-4-2/h29-31,34-36,39H,3-28,32-33,37-38H2,1-2H3. The molecule has 0 radical (unpaired) electrons. The van der Waals surface area contributed by atoms with Crippen molar-refractivity contribution in [3.05, 3.63) is 42.1 Å². The maximum absolute atomic E-state index is 2.61. The lowest BCUT2D eigenvalue weighted by molar-refractivity contribution is 0.351. The summed E-state index contributed by atoms with van der Waals surface area (Å²) in [4.78, 5) is 2.61. The van der Waals surface area contributed by atoms with E-state index in [-0.39, 0.29) is 0 Å². The summed E-state index contributed by atoms with van der Waals surface area (Å²) in [5.74, 6) is 0. The third kappa shape index (κ3) is 27.4. The topological polar surface area (TPSA) is 3.24 Å².